The first-order valence-corrected chi connectivity index (χ1v) is 12.5. The van der Waals surface area contributed by atoms with E-state index in [2.05, 4.69) is 0 Å². The number of hydrogen-bond donors (Lipinski definition) is 2. The summed E-state index contributed by atoms with van der Waals surface area (Å²) in [4.78, 5) is 23.9. The second-order valence-electron chi connectivity index (χ2n) is 9.82. The molecular formula is C25H41F2NO4. The molecule has 2 N–H and O–H groups in total. The van der Waals surface area contributed by atoms with Crippen LogP contribution in [0.2, 0.25) is 0 Å². The number of halogens is 2. The average Bonchev–Trinajstić information content (AvgIpc) is 2.97. The van der Waals surface area contributed by atoms with E-state index < -0.39 is 36.4 Å². The Morgan fingerprint density at radius 2 is 1.84 bits per heavy atom. The van der Waals surface area contributed by atoms with E-state index in [0.717, 1.165) is 18.8 Å². The van der Waals surface area contributed by atoms with Crippen LogP contribution in [0.3, 0.4) is 0 Å². The van der Waals surface area contributed by atoms with Crippen molar-refractivity contribution in [1.29, 1.82) is 0 Å². The highest BCUT2D eigenvalue weighted by molar-refractivity contribution is 5.86. The number of amides is 1. The lowest BCUT2D eigenvalue weighted by molar-refractivity contribution is -0.148. The van der Waals surface area contributed by atoms with Gasteiger partial charge in [0.2, 0.25) is 0 Å². The summed E-state index contributed by atoms with van der Waals surface area (Å²) in [6.07, 6.45) is 14.3. The van der Waals surface area contributed by atoms with Crippen LogP contribution in [-0.4, -0.2) is 51.6 Å². The van der Waals surface area contributed by atoms with E-state index >= 15 is 0 Å². The van der Waals surface area contributed by atoms with Gasteiger partial charge in [-0.15, -0.1) is 0 Å². The molecule has 2 fully saturated rings. The van der Waals surface area contributed by atoms with Crippen LogP contribution >= 0.6 is 0 Å². The second kappa shape index (κ2) is 13.3. The highest BCUT2D eigenvalue weighted by Crippen LogP contribution is 2.35. The summed E-state index contributed by atoms with van der Waals surface area (Å²) >= 11 is 0. The summed E-state index contributed by atoms with van der Waals surface area (Å²) in [7, 11) is 0. The molecular weight excluding hydrogens is 416 g/mol. The van der Waals surface area contributed by atoms with Crippen molar-refractivity contribution in [3.8, 4) is 0 Å². The average molecular weight is 458 g/mol. The van der Waals surface area contributed by atoms with Crippen molar-refractivity contribution >= 4 is 11.9 Å². The minimum Gasteiger partial charge on any atom is -0.481 e. The minimum atomic E-state index is -3.37. The molecule has 0 aromatic rings. The number of nitrogens with zero attached hydrogens (tertiary/aromatic N) is 1. The SMILES string of the molecule is C[C@@H](CCCC1CCCCC1)[C@H](O)C=CC1CC(F)(F)C(=O)N1CCCCCCC(=O)O. The zero-order chi connectivity index (χ0) is 23.6. The first-order chi connectivity index (χ1) is 15.2. The highest BCUT2D eigenvalue weighted by Gasteiger charge is 2.52. The van der Waals surface area contributed by atoms with Gasteiger partial charge in [-0.2, -0.15) is 8.78 Å². The molecule has 32 heavy (non-hydrogen) atoms. The topological polar surface area (TPSA) is 77.8 Å². The van der Waals surface area contributed by atoms with Gasteiger partial charge in [0.15, 0.2) is 0 Å². The number of aliphatic hydroxyl groups excluding tert-OH is 1. The van der Waals surface area contributed by atoms with Crippen molar-refractivity contribution in [2.24, 2.45) is 11.8 Å². The van der Waals surface area contributed by atoms with E-state index in [0.29, 0.717) is 25.7 Å². The number of carbonyl (C=O) groups excluding carboxylic acids is 1. The summed E-state index contributed by atoms with van der Waals surface area (Å²) in [5.41, 5.74) is 0. The molecule has 1 aliphatic heterocycles. The van der Waals surface area contributed by atoms with Crippen molar-refractivity contribution < 1.29 is 28.6 Å². The van der Waals surface area contributed by atoms with E-state index in [1.54, 1.807) is 12.2 Å². The largest absolute Gasteiger partial charge is 0.481 e. The first kappa shape index (κ1) is 26.7. The van der Waals surface area contributed by atoms with Crippen LogP contribution in [-0.2, 0) is 9.59 Å². The van der Waals surface area contributed by atoms with Gasteiger partial charge >= 0.3 is 11.9 Å². The van der Waals surface area contributed by atoms with Crippen LogP contribution in [0, 0.1) is 11.8 Å². The van der Waals surface area contributed by atoms with Gasteiger partial charge < -0.3 is 15.1 Å². The third-order valence-electron chi connectivity index (χ3n) is 7.09. The molecule has 1 aliphatic carbocycles. The van der Waals surface area contributed by atoms with Gasteiger partial charge in [0.05, 0.1) is 12.1 Å². The van der Waals surface area contributed by atoms with Crippen LogP contribution in [0.15, 0.2) is 12.2 Å². The molecule has 1 saturated heterocycles. The van der Waals surface area contributed by atoms with E-state index in [9.17, 15) is 23.5 Å². The number of hydrogen-bond acceptors (Lipinski definition) is 3. The maximum atomic E-state index is 14.0. The van der Waals surface area contributed by atoms with Gasteiger partial charge in [-0.25, -0.2) is 0 Å². The Morgan fingerprint density at radius 3 is 2.53 bits per heavy atom. The van der Waals surface area contributed by atoms with Crippen LogP contribution in [0.1, 0.15) is 96.8 Å². The highest BCUT2D eigenvalue weighted by atomic mass is 19.3. The van der Waals surface area contributed by atoms with Crippen molar-refractivity contribution in [3.05, 3.63) is 12.2 Å². The molecule has 5 nitrogen and oxygen atoms in total. The molecule has 0 spiro atoms. The zero-order valence-corrected chi connectivity index (χ0v) is 19.5. The fourth-order valence-corrected chi connectivity index (χ4v) is 4.98. The fraction of sp³-hybridized carbons (Fsp3) is 0.840. The number of aliphatic carboxylic acids is 1. The number of aliphatic hydroxyl groups is 1. The van der Waals surface area contributed by atoms with Gasteiger partial charge in [0.1, 0.15) is 0 Å². The van der Waals surface area contributed by atoms with Gasteiger partial charge in [0, 0.05) is 19.4 Å². The molecule has 1 saturated carbocycles. The molecule has 0 bridgehead atoms. The fourth-order valence-electron chi connectivity index (χ4n) is 4.98. The molecule has 0 aromatic carbocycles. The van der Waals surface area contributed by atoms with Crippen molar-refractivity contribution in [2.75, 3.05) is 6.54 Å². The zero-order valence-electron chi connectivity index (χ0n) is 19.5. The molecule has 1 unspecified atom stereocenters. The Morgan fingerprint density at radius 1 is 1.16 bits per heavy atom. The van der Waals surface area contributed by atoms with Gasteiger partial charge in [-0.05, 0) is 31.1 Å². The number of carbonyl (C=O) groups is 2. The summed E-state index contributed by atoms with van der Waals surface area (Å²) in [5, 5.41) is 19.1. The maximum absolute atomic E-state index is 14.0. The first-order valence-electron chi connectivity index (χ1n) is 12.5. The van der Waals surface area contributed by atoms with Crippen molar-refractivity contribution in [3.63, 3.8) is 0 Å². The third kappa shape index (κ3) is 8.80. The summed E-state index contributed by atoms with van der Waals surface area (Å²) in [6.45, 7) is 2.21. The molecule has 0 radical (unpaired) electrons. The van der Waals surface area contributed by atoms with E-state index in [4.69, 9.17) is 5.11 Å². The molecule has 7 heteroatoms. The molecule has 2 rings (SSSR count). The quantitative estimate of drug-likeness (QED) is 0.264. The predicted octanol–water partition coefficient (Wildman–Crippen LogP) is 5.56. The monoisotopic (exact) mass is 457 g/mol. The number of alkyl halides is 2. The smallest absolute Gasteiger partial charge is 0.327 e. The molecule has 3 atom stereocenters. The number of rotatable bonds is 14. The predicted molar refractivity (Wildman–Crippen MR) is 121 cm³/mol. The molecule has 2 aliphatic rings. The Kier molecular flexibility index (Phi) is 11.1. The standard InChI is InChI=1S/C25H41F2NO4/c1-19(10-9-13-20-11-5-4-6-12-20)22(29)16-15-21-18-25(26,27)24(32)28(21)17-8-3-2-7-14-23(30)31/h15-16,19-22,29H,2-14,17-18H2,1H3,(H,30,31)/t19-,21?,22+/m0/s1. The van der Waals surface area contributed by atoms with Crippen LogP contribution in [0.5, 0.6) is 0 Å². The third-order valence-corrected chi connectivity index (χ3v) is 7.09. The van der Waals surface area contributed by atoms with Crippen molar-refractivity contribution in [1.82, 2.24) is 4.90 Å². The lowest BCUT2D eigenvalue weighted by Gasteiger charge is -2.23. The lowest BCUT2D eigenvalue weighted by Crippen LogP contribution is -2.36. The van der Waals surface area contributed by atoms with Gasteiger partial charge in [-0.3, -0.25) is 9.59 Å². The number of likely N-dealkylation sites (tertiary alicyclic amines) is 1. The summed E-state index contributed by atoms with van der Waals surface area (Å²) in [6, 6.07) is -0.708. The Balaban J connectivity index is 1.77. The van der Waals surface area contributed by atoms with E-state index in [1.165, 1.54) is 43.4 Å². The second-order valence-corrected chi connectivity index (χ2v) is 9.82. The van der Waals surface area contributed by atoms with Gasteiger partial charge in [-0.1, -0.05) is 76.9 Å². The minimum absolute atomic E-state index is 0.0511. The van der Waals surface area contributed by atoms with Crippen LogP contribution in [0.25, 0.3) is 0 Å². The lowest BCUT2D eigenvalue weighted by atomic mass is 9.84. The van der Waals surface area contributed by atoms with Gasteiger partial charge in [0.25, 0.3) is 5.91 Å². The van der Waals surface area contributed by atoms with Crippen LogP contribution in [0.4, 0.5) is 8.78 Å². The summed E-state index contributed by atoms with van der Waals surface area (Å²) < 4.78 is 28.1. The number of carboxylic acid groups (broad SMARTS) is 1. The summed E-state index contributed by atoms with van der Waals surface area (Å²) in [5.74, 6) is -4.49. The van der Waals surface area contributed by atoms with E-state index in [-0.39, 0.29) is 18.9 Å². The van der Waals surface area contributed by atoms with Crippen molar-refractivity contribution in [2.45, 2.75) is 115 Å². The number of carboxylic acids is 1. The Labute approximate surface area is 191 Å². The molecule has 0 aromatic heterocycles. The Bertz CT molecular complexity index is 619. The molecule has 1 heterocycles. The van der Waals surface area contributed by atoms with Crippen LogP contribution < -0.4 is 0 Å². The number of unbranched alkanes of at least 4 members (excludes halogenated alkanes) is 3. The maximum Gasteiger partial charge on any atom is 0.327 e. The molecule has 1 amide bonds. The van der Waals surface area contributed by atoms with E-state index in [1.807, 2.05) is 6.92 Å². The molecule has 184 valence electrons. The normalized spacial score (nSPS) is 23.7. The Hall–Kier alpha value is -1.50.